The summed E-state index contributed by atoms with van der Waals surface area (Å²) in [4.78, 5) is 0. The molecule has 2 radical (unpaired) electrons. The van der Waals surface area contributed by atoms with E-state index in [0.29, 0.717) is 6.42 Å². The number of benzene rings is 1. The highest BCUT2D eigenvalue weighted by atomic mass is 16.5. The number of methoxy groups -OCH3 is 2. The minimum atomic E-state index is 0.689. The zero-order valence-electron chi connectivity index (χ0n) is 7.39. The number of hydrogen-bond acceptors (Lipinski definition) is 2. The molecule has 0 aliphatic carbocycles. The van der Waals surface area contributed by atoms with E-state index in [1.165, 1.54) is 0 Å². The average Bonchev–Trinajstić information content (AvgIpc) is 2.16. The molecule has 0 aliphatic rings. The second-order valence-corrected chi connectivity index (χ2v) is 2.35. The van der Waals surface area contributed by atoms with Crippen LogP contribution in [0.4, 0.5) is 0 Å². The molecule has 0 heterocycles. The molecule has 0 aromatic heterocycles. The SMILES string of the molecule is [CH2]Cc1cc(OC)[c]cc1OC. The van der Waals surface area contributed by atoms with Gasteiger partial charge in [-0.25, -0.2) is 0 Å². The van der Waals surface area contributed by atoms with E-state index in [1.807, 2.05) is 6.07 Å². The van der Waals surface area contributed by atoms with Crippen LogP contribution < -0.4 is 9.47 Å². The van der Waals surface area contributed by atoms with Crippen molar-refractivity contribution in [3.63, 3.8) is 0 Å². The molecule has 0 unspecified atom stereocenters. The molecule has 0 spiro atoms. The molecule has 64 valence electrons. The standard InChI is InChI=1S/C10H12O2/c1-4-8-7-9(11-2)5-6-10(8)12-3/h6-7H,1,4H2,2-3H3. The fourth-order valence-corrected chi connectivity index (χ4v) is 1.00. The van der Waals surface area contributed by atoms with Crippen molar-refractivity contribution < 1.29 is 9.47 Å². The quantitative estimate of drug-likeness (QED) is 0.679. The van der Waals surface area contributed by atoms with Gasteiger partial charge in [0.25, 0.3) is 0 Å². The maximum absolute atomic E-state index is 5.11. The molecule has 2 nitrogen and oxygen atoms in total. The van der Waals surface area contributed by atoms with Crippen LogP contribution >= 0.6 is 0 Å². The van der Waals surface area contributed by atoms with Gasteiger partial charge in [0, 0.05) is 6.07 Å². The Hall–Kier alpha value is -1.18. The summed E-state index contributed by atoms with van der Waals surface area (Å²) in [5.74, 6) is 1.53. The monoisotopic (exact) mass is 164 g/mol. The van der Waals surface area contributed by atoms with Crippen LogP contribution in [0.1, 0.15) is 5.56 Å². The van der Waals surface area contributed by atoms with Crippen molar-refractivity contribution in [2.45, 2.75) is 6.42 Å². The topological polar surface area (TPSA) is 18.5 Å². The highest BCUT2D eigenvalue weighted by Gasteiger charge is 2.01. The van der Waals surface area contributed by atoms with E-state index in [-0.39, 0.29) is 0 Å². The van der Waals surface area contributed by atoms with E-state index in [1.54, 1.807) is 20.3 Å². The molecule has 0 amide bonds. The second kappa shape index (κ2) is 4.00. The normalized spacial score (nSPS) is 9.58. The lowest BCUT2D eigenvalue weighted by atomic mass is 10.1. The predicted molar refractivity (Wildman–Crippen MR) is 47.4 cm³/mol. The van der Waals surface area contributed by atoms with Gasteiger partial charge in [-0.3, -0.25) is 0 Å². The summed E-state index contributed by atoms with van der Waals surface area (Å²) in [5, 5.41) is 0. The lowest BCUT2D eigenvalue weighted by Gasteiger charge is -2.07. The maximum Gasteiger partial charge on any atom is 0.127 e. The van der Waals surface area contributed by atoms with Crippen LogP contribution in [-0.2, 0) is 6.42 Å². The van der Waals surface area contributed by atoms with E-state index < -0.39 is 0 Å². The summed E-state index contributed by atoms with van der Waals surface area (Å²) < 4.78 is 10.1. The van der Waals surface area contributed by atoms with E-state index in [9.17, 15) is 0 Å². The molecule has 0 aliphatic heterocycles. The Morgan fingerprint density at radius 3 is 2.67 bits per heavy atom. The first-order valence-corrected chi connectivity index (χ1v) is 3.73. The van der Waals surface area contributed by atoms with E-state index in [4.69, 9.17) is 9.47 Å². The van der Waals surface area contributed by atoms with Gasteiger partial charge in [0.15, 0.2) is 0 Å². The molecule has 0 fully saturated rings. The molecule has 0 bridgehead atoms. The summed E-state index contributed by atoms with van der Waals surface area (Å²) in [6.07, 6.45) is 0.689. The zero-order valence-corrected chi connectivity index (χ0v) is 7.39. The van der Waals surface area contributed by atoms with Crippen LogP contribution in [0, 0.1) is 13.0 Å². The van der Waals surface area contributed by atoms with Crippen molar-refractivity contribution in [3.8, 4) is 11.5 Å². The van der Waals surface area contributed by atoms with Crippen molar-refractivity contribution in [2.75, 3.05) is 14.2 Å². The number of rotatable bonds is 3. The van der Waals surface area contributed by atoms with Crippen LogP contribution in [0.3, 0.4) is 0 Å². The highest BCUT2D eigenvalue weighted by molar-refractivity contribution is 5.39. The molecule has 2 heteroatoms. The minimum Gasteiger partial charge on any atom is -0.496 e. The van der Waals surface area contributed by atoms with Gasteiger partial charge < -0.3 is 9.47 Å². The Balaban J connectivity index is 3.02. The van der Waals surface area contributed by atoms with Gasteiger partial charge in [0.05, 0.1) is 14.2 Å². The van der Waals surface area contributed by atoms with Gasteiger partial charge >= 0.3 is 0 Å². The smallest absolute Gasteiger partial charge is 0.127 e. The summed E-state index contributed by atoms with van der Waals surface area (Å²) in [6, 6.07) is 6.58. The fourth-order valence-electron chi connectivity index (χ4n) is 1.00. The van der Waals surface area contributed by atoms with Gasteiger partial charge in [0.1, 0.15) is 11.5 Å². The second-order valence-electron chi connectivity index (χ2n) is 2.35. The number of hydrogen-bond donors (Lipinski definition) is 0. The molecule has 1 rings (SSSR count). The Labute approximate surface area is 73.1 Å². The predicted octanol–water partition coefficient (Wildman–Crippen LogP) is 1.88. The van der Waals surface area contributed by atoms with Crippen LogP contribution in [0.2, 0.25) is 0 Å². The number of ether oxygens (including phenoxy) is 2. The van der Waals surface area contributed by atoms with Crippen molar-refractivity contribution in [1.29, 1.82) is 0 Å². The highest BCUT2D eigenvalue weighted by Crippen LogP contribution is 2.23. The van der Waals surface area contributed by atoms with Crippen molar-refractivity contribution in [3.05, 3.63) is 30.7 Å². The van der Waals surface area contributed by atoms with Crippen molar-refractivity contribution >= 4 is 0 Å². The molecule has 0 atom stereocenters. The van der Waals surface area contributed by atoms with E-state index in [2.05, 4.69) is 13.0 Å². The first-order chi connectivity index (χ1) is 5.81. The minimum absolute atomic E-state index is 0.689. The molecular formula is C10H12O2. The molecule has 0 N–H and O–H groups in total. The van der Waals surface area contributed by atoms with Gasteiger partial charge in [0.2, 0.25) is 0 Å². The first-order valence-electron chi connectivity index (χ1n) is 3.73. The molecule has 0 saturated carbocycles. The third-order valence-electron chi connectivity index (χ3n) is 1.68. The molecule has 0 saturated heterocycles. The first kappa shape index (κ1) is 8.91. The van der Waals surface area contributed by atoms with Gasteiger partial charge in [-0.2, -0.15) is 0 Å². The third-order valence-corrected chi connectivity index (χ3v) is 1.68. The van der Waals surface area contributed by atoms with Crippen LogP contribution in [0.15, 0.2) is 12.1 Å². The molecule has 1 aromatic rings. The Morgan fingerprint density at radius 2 is 2.17 bits per heavy atom. The van der Waals surface area contributed by atoms with Gasteiger partial charge in [-0.1, -0.05) is 0 Å². The van der Waals surface area contributed by atoms with E-state index >= 15 is 0 Å². The van der Waals surface area contributed by atoms with Crippen LogP contribution in [-0.4, -0.2) is 14.2 Å². The maximum atomic E-state index is 5.11. The summed E-state index contributed by atoms with van der Waals surface area (Å²) >= 11 is 0. The van der Waals surface area contributed by atoms with Crippen molar-refractivity contribution in [2.24, 2.45) is 0 Å². The lowest BCUT2D eigenvalue weighted by molar-refractivity contribution is 0.399. The fraction of sp³-hybridized carbons (Fsp3) is 0.300. The summed E-state index contributed by atoms with van der Waals surface area (Å²) in [7, 11) is 3.25. The Bertz CT molecular complexity index is 256. The van der Waals surface area contributed by atoms with Crippen LogP contribution in [0.5, 0.6) is 11.5 Å². The van der Waals surface area contributed by atoms with E-state index in [0.717, 1.165) is 17.1 Å². The van der Waals surface area contributed by atoms with Crippen molar-refractivity contribution in [1.82, 2.24) is 0 Å². The Morgan fingerprint density at radius 1 is 1.42 bits per heavy atom. The largest absolute Gasteiger partial charge is 0.496 e. The molecular weight excluding hydrogens is 152 g/mol. The lowest BCUT2D eigenvalue weighted by Crippen LogP contribution is -1.92. The zero-order chi connectivity index (χ0) is 8.97. The molecule has 12 heavy (non-hydrogen) atoms. The third kappa shape index (κ3) is 1.70. The van der Waals surface area contributed by atoms with Crippen LogP contribution in [0.25, 0.3) is 0 Å². The molecule has 1 aromatic carbocycles. The van der Waals surface area contributed by atoms with Gasteiger partial charge in [-0.05, 0) is 31.0 Å². The Kier molecular flexibility index (Phi) is 2.97. The van der Waals surface area contributed by atoms with Gasteiger partial charge in [-0.15, -0.1) is 0 Å². The summed E-state index contributed by atoms with van der Waals surface area (Å²) in [5.41, 5.74) is 1.04. The average molecular weight is 164 g/mol. The summed E-state index contributed by atoms with van der Waals surface area (Å²) in [6.45, 7) is 3.79.